The molecule has 120 valence electrons. The van der Waals surface area contributed by atoms with E-state index in [0.717, 1.165) is 38.3 Å². The summed E-state index contributed by atoms with van der Waals surface area (Å²) in [6.45, 7) is 3.51. The Balaban J connectivity index is 1.64. The van der Waals surface area contributed by atoms with Crippen molar-refractivity contribution in [3.05, 3.63) is 0 Å². The van der Waals surface area contributed by atoms with Crippen LogP contribution in [0.3, 0.4) is 0 Å². The predicted molar refractivity (Wildman–Crippen MR) is 83.1 cm³/mol. The fraction of sp³-hybridized carbons (Fsp3) is 0.941. The highest BCUT2D eigenvalue weighted by molar-refractivity contribution is 5.82. The van der Waals surface area contributed by atoms with Crippen LogP contribution < -0.4 is 5.32 Å². The van der Waals surface area contributed by atoms with Crippen molar-refractivity contribution >= 4 is 5.97 Å². The first kappa shape index (κ1) is 15.3. The molecule has 3 saturated carbocycles. The van der Waals surface area contributed by atoms with Crippen LogP contribution in [0.2, 0.25) is 0 Å². The Hall–Kier alpha value is -0.610. The normalized spacial score (nSPS) is 32.6. The molecule has 0 radical (unpaired) electrons. The summed E-state index contributed by atoms with van der Waals surface area (Å²) in [6, 6.07) is 1.36. The first-order valence-electron chi connectivity index (χ1n) is 8.81. The zero-order valence-corrected chi connectivity index (χ0v) is 13.6. The topological polar surface area (TPSA) is 41.6 Å². The van der Waals surface area contributed by atoms with Crippen molar-refractivity contribution < 1.29 is 9.53 Å². The van der Waals surface area contributed by atoms with Crippen molar-refractivity contribution in [3.8, 4) is 0 Å². The zero-order chi connectivity index (χ0) is 14.9. The van der Waals surface area contributed by atoms with E-state index in [1.54, 1.807) is 0 Å². The highest BCUT2D eigenvalue weighted by atomic mass is 16.5. The van der Waals surface area contributed by atoms with Gasteiger partial charge < -0.3 is 9.64 Å². The number of esters is 1. The third-order valence-electron chi connectivity index (χ3n) is 5.50. The highest BCUT2D eigenvalue weighted by Crippen LogP contribution is 2.42. The van der Waals surface area contributed by atoms with Crippen LogP contribution in [0.15, 0.2) is 0 Å². The molecule has 0 bridgehead atoms. The van der Waals surface area contributed by atoms with Crippen molar-refractivity contribution in [2.45, 2.75) is 75.9 Å². The molecule has 0 aliphatic heterocycles. The van der Waals surface area contributed by atoms with E-state index in [4.69, 9.17) is 4.74 Å². The molecule has 0 spiro atoms. The van der Waals surface area contributed by atoms with Crippen molar-refractivity contribution in [1.29, 1.82) is 0 Å². The lowest BCUT2D eigenvalue weighted by molar-refractivity contribution is -0.153. The van der Waals surface area contributed by atoms with Gasteiger partial charge in [0.1, 0.15) is 5.54 Å². The fourth-order valence-electron chi connectivity index (χ4n) is 3.90. The van der Waals surface area contributed by atoms with Crippen molar-refractivity contribution in [3.63, 3.8) is 0 Å². The number of nitrogens with one attached hydrogen (secondary N) is 1. The molecule has 0 aromatic rings. The lowest BCUT2D eigenvalue weighted by Gasteiger charge is -2.35. The van der Waals surface area contributed by atoms with Gasteiger partial charge in [0.05, 0.1) is 6.61 Å². The minimum absolute atomic E-state index is 0.00785. The van der Waals surface area contributed by atoms with E-state index >= 15 is 0 Å². The van der Waals surface area contributed by atoms with E-state index < -0.39 is 0 Å². The number of carbonyl (C=O) groups excluding carboxylic acids is 1. The molecule has 0 saturated heterocycles. The number of hydrogen-bond acceptors (Lipinski definition) is 4. The van der Waals surface area contributed by atoms with E-state index in [-0.39, 0.29) is 11.5 Å². The first-order chi connectivity index (χ1) is 10.2. The molecule has 4 nitrogen and oxygen atoms in total. The van der Waals surface area contributed by atoms with E-state index in [1.165, 1.54) is 25.7 Å². The SMILES string of the molecule is CCOC(=O)C1(NC2CC2)CCCC1CCN(C)C1CC1. The Morgan fingerprint density at radius 3 is 2.67 bits per heavy atom. The molecule has 0 heterocycles. The van der Waals surface area contributed by atoms with Gasteiger partial charge in [0, 0.05) is 12.1 Å². The fourth-order valence-corrected chi connectivity index (χ4v) is 3.90. The summed E-state index contributed by atoms with van der Waals surface area (Å²) in [4.78, 5) is 15.1. The lowest BCUT2D eigenvalue weighted by Crippen LogP contribution is -2.57. The summed E-state index contributed by atoms with van der Waals surface area (Å²) in [6.07, 6.45) is 9.53. The summed E-state index contributed by atoms with van der Waals surface area (Å²) >= 11 is 0. The average Bonchev–Trinajstić information content (AvgIpc) is 3.35. The van der Waals surface area contributed by atoms with Crippen molar-refractivity contribution in [1.82, 2.24) is 10.2 Å². The smallest absolute Gasteiger partial charge is 0.326 e. The van der Waals surface area contributed by atoms with E-state index in [1.807, 2.05) is 6.92 Å². The highest BCUT2D eigenvalue weighted by Gasteiger charge is 2.52. The Kier molecular flexibility index (Phi) is 4.55. The largest absolute Gasteiger partial charge is 0.465 e. The number of hydrogen-bond donors (Lipinski definition) is 1. The minimum Gasteiger partial charge on any atom is -0.465 e. The van der Waals surface area contributed by atoms with Gasteiger partial charge in [-0.05, 0) is 71.4 Å². The van der Waals surface area contributed by atoms with Gasteiger partial charge in [0.2, 0.25) is 0 Å². The molecule has 0 aromatic heterocycles. The van der Waals surface area contributed by atoms with Gasteiger partial charge in [-0.25, -0.2) is 0 Å². The molecular formula is C17H30N2O2. The minimum atomic E-state index is -0.387. The average molecular weight is 294 g/mol. The molecule has 4 heteroatoms. The predicted octanol–water partition coefficient (Wildman–Crippen LogP) is 2.32. The van der Waals surface area contributed by atoms with Crippen molar-refractivity contribution in [2.24, 2.45) is 5.92 Å². The van der Waals surface area contributed by atoms with Gasteiger partial charge >= 0.3 is 5.97 Å². The zero-order valence-electron chi connectivity index (χ0n) is 13.6. The number of rotatable bonds is 8. The summed E-state index contributed by atoms with van der Waals surface area (Å²) in [5, 5.41) is 3.68. The van der Waals surface area contributed by atoms with Gasteiger partial charge in [0.25, 0.3) is 0 Å². The van der Waals surface area contributed by atoms with Gasteiger partial charge in [-0.1, -0.05) is 6.42 Å². The van der Waals surface area contributed by atoms with E-state index in [0.29, 0.717) is 18.6 Å². The summed E-state index contributed by atoms with van der Waals surface area (Å²) in [7, 11) is 2.23. The second-order valence-electron chi connectivity index (χ2n) is 7.20. The third kappa shape index (κ3) is 3.42. The van der Waals surface area contributed by atoms with Crippen LogP contribution in [0.5, 0.6) is 0 Å². The molecule has 21 heavy (non-hydrogen) atoms. The molecule has 1 N–H and O–H groups in total. The maximum Gasteiger partial charge on any atom is 0.326 e. The maximum absolute atomic E-state index is 12.6. The van der Waals surface area contributed by atoms with Gasteiger partial charge in [-0.3, -0.25) is 10.1 Å². The summed E-state index contributed by atoms with van der Waals surface area (Å²) < 4.78 is 5.44. The number of ether oxygens (including phenoxy) is 1. The molecule has 3 aliphatic rings. The van der Waals surface area contributed by atoms with E-state index in [2.05, 4.69) is 17.3 Å². The van der Waals surface area contributed by atoms with Gasteiger partial charge in [-0.15, -0.1) is 0 Å². The molecule has 2 unspecified atom stereocenters. The Bertz CT molecular complexity index is 379. The second kappa shape index (κ2) is 6.25. The molecule has 0 aromatic carbocycles. The van der Waals surface area contributed by atoms with Gasteiger partial charge in [0.15, 0.2) is 0 Å². The Morgan fingerprint density at radius 1 is 1.29 bits per heavy atom. The van der Waals surface area contributed by atoms with Crippen LogP contribution in [-0.4, -0.2) is 48.7 Å². The first-order valence-corrected chi connectivity index (χ1v) is 8.81. The molecule has 3 rings (SSSR count). The molecule has 0 amide bonds. The third-order valence-corrected chi connectivity index (χ3v) is 5.50. The molecule has 3 aliphatic carbocycles. The second-order valence-corrected chi connectivity index (χ2v) is 7.20. The van der Waals surface area contributed by atoms with Crippen LogP contribution >= 0.6 is 0 Å². The Labute approximate surface area is 128 Å². The van der Waals surface area contributed by atoms with Crippen LogP contribution in [0, 0.1) is 5.92 Å². The van der Waals surface area contributed by atoms with Gasteiger partial charge in [-0.2, -0.15) is 0 Å². The van der Waals surface area contributed by atoms with Crippen LogP contribution in [0.1, 0.15) is 58.3 Å². The van der Waals surface area contributed by atoms with Crippen molar-refractivity contribution in [2.75, 3.05) is 20.2 Å². The number of carbonyl (C=O) groups is 1. The summed E-state index contributed by atoms with van der Waals surface area (Å²) in [5.74, 6) is 0.451. The summed E-state index contributed by atoms with van der Waals surface area (Å²) in [5.41, 5.74) is -0.387. The Morgan fingerprint density at radius 2 is 2.05 bits per heavy atom. The molecule has 3 fully saturated rings. The lowest BCUT2D eigenvalue weighted by atomic mass is 9.84. The maximum atomic E-state index is 12.6. The van der Waals surface area contributed by atoms with E-state index in [9.17, 15) is 4.79 Å². The molecular weight excluding hydrogens is 264 g/mol. The van der Waals surface area contributed by atoms with Crippen LogP contribution in [0.4, 0.5) is 0 Å². The molecule has 2 atom stereocenters. The monoisotopic (exact) mass is 294 g/mol. The quantitative estimate of drug-likeness (QED) is 0.698. The standard InChI is InChI=1S/C17H30N2O2/c1-3-21-16(20)17(18-14-6-7-14)11-4-5-13(17)10-12-19(2)15-8-9-15/h13-15,18H,3-12H2,1-2H3. The number of nitrogens with zero attached hydrogens (tertiary/aromatic N) is 1. The van der Waals surface area contributed by atoms with Crippen LogP contribution in [-0.2, 0) is 9.53 Å². The van der Waals surface area contributed by atoms with Crippen LogP contribution in [0.25, 0.3) is 0 Å².